The van der Waals surface area contributed by atoms with Crippen LogP contribution in [0.4, 0.5) is 5.69 Å². The normalized spacial score (nSPS) is 17.2. The van der Waals surface area contributed by atoms with Gasteiger partial charge >= 0.3 is 0 Å². The third kappa shape index (κ3) is 1.99. The first-order chi connectivity index (χ1) is 9.14. The van der Waals surface area contributed by atoms with E-state index >= 15 is 0 Å². The molecule has 0 atom stereocenters. The number of anilines is 1. The van der Waals surface area contributed by atoms with Crippen LogP contribution >= 0.6 is 11.6 Å². The number of halogens is 1. The van der Waals surface area contributed by atoms with Crippen molar-refractivity contribution in [2.24, 2.45) is 0 Å². The van der Waals surface area contributed by atoms with Gasteiger partial charge in [0.15, 0.2) is 0 Å². The van der Waals surface area contributed by atoms with Gasteiger partial charge in [-0.05, 0) is 37.5 Å². The fourth-order valence-corrected chi connectivity index (χ4v) is 2.44. The monoisotopic (exact) mass is 279 g/mol. The van der Waals surface area contributed by atoms with Gasteiger partial charge < -0.3 is 15.0 Å². The second-order valence-electron chi connectivity index (χ2n) is 4.71. The van der Waals surface area contributed by atoms with Crippen LogP contribution < -0.4 is 5.73 Å². The summed E-state index contributed by atoms with van der Waals surface area (Å²) < 4.78 is 10.8. The number of ether oxygens (including phenoxy) is 1. The number of rotatable bonds is 3. The van der Waals surface area contributed by atoms with Gasteiger partial charge in [-0.15, -0.1) is 0 Å². The smallest absolute Gasteiger partial charge is 0.260 e. The van der Waals surface area contributed by atoms with E-state index in [-0.39, 0.29) is 5.60 Å². The van der Waals surface area contributed by atoms with Crippen molar-refractivity contribution in [1.82, 2.24) is 10.1 Å². The molecule has 1 heterocycles. The zero-order valence-electron chi connectivity index (χ0n) is 10.5. The van der Waals surface area contributed by atoms with Crippen LogP contribution in [-0.2, 0) is 10.3 Å². The van der Waals surface area contributed by atoms with Gasteiger partial charge in [-0.25, -0.2) is 0 Å². The molecule has 0 radical (unpaired) electrons. The van der Waals surface area contributed by atoms with Crippen LogP contribution in [0.15, 0.2) is 22.7 Å². The van der Waals surface area contributed by atoms with Gasteiger partial charge in [-0.1, -0.05) is 16.8 Å². The van der Waals surface area contributed by atoms with Gasteiger partial charge in [0.25, 0.3) is 5.89 Å². The molecule has 1 aliphatic carbocycles. The summed E-state index contributed by atoms with van der Waals surface area (Å²) in [6, 6.07) is 5.18. The van der Waals surface area contributed by atoms with Crippen molar-refractivity contribution >= 4 is 17.3 Å². The van der Waals surface area contributed by atoms with E-state index in [1.54, 1.807) is 25.3 Å². The predicted octanol–water partition coefficient (Wildman–Crippen LogP) is 3.00. The number of nitrogens with two attached hydrogens (primary N) is 1. The number of nitrogens with zero attached hydrogens (tertiary/aromatic N) is 2. The molecular formula is C13H14ClN3O2. The minimum absolute atomic E-state index is 0.386. The van der Waals surface area contributed by atoms with Gasteiger partial charge in [0.2, 0.25) is 5.82 Å². The molecule has 1 aliphatic rings. The summed E-state index contributed by atoms with van der Waals surface area (Å²) in [5.41, 5.74) is 6.73. The zero-order chi connectivity index (χ0) is 13.5. The van der Waals surface area contributed by atoms with E-state index in [0.29, 0.717) is 28.0 Å². The number of nitrogen functional groups attached to an aromatic ring is 1. The van der Waals surface area contributed by atoms with E-state index in [1.807, 2.05) is 0 Å². The van der Waals surface area contributed by atoms with Crippen molar-refractivity contribution in [3.05, 3.63) is 29.0 Å². The Bertz CT molecular complexity index is 602. The largest absolute Gasteiger partial charge is 0.398 e. The van der Waals surface area contributed by atoms with Crippen LogP contribution in [0.5, 0.6) is 0 Å². The Balaban J connectivity index is 1.97. The Morgan fingerprint density at radius 2 is 2.21 bits per heavy atom. The van der Waals surface area contributed by atoms with Gasteiger partial charge in [0, 0.05) is 17.8 Å². The minimum atomic E-state index is -0.386. The molecule has 19 heavy (non-hydrogen) atoms. The lowest BCUT2D eigenvalue weighted by Gasteiger charge is -2.37. The molecule has 100 valence electrons. The van der Waals surface area contributed by atoms with E-state index in [1.165, 1.54) is 0 Å². The molecular weight excluding hydrogens is 266 g/mol. The third-order valence-corrected chi connectivity index (χ3v) is 3.86. The summed E-state index contributed by atoms with van der Waals surface area (Å²) in [6.07, 6.45) is 2.94. The quantitative estimate of drug-likeness (QED) is 0.874. The van der Waals surface area contributed by atoms with Crippen LogP contribution in [0, 0.1) is 0 Å². The highest BCUT2D eigenvalue weighted by Gasteiger charge is 2.43. The highest BCUT2D eigenvalue weighted by Crippen LogP contribution is 2.43. The molecule has 0 amide bonds. The molecule has 3 rings (SSSR count). The summed E-state index contributed by atoms with van der Waals surface area (Å²) in [5, 5.41) is 4.60. The van der Waals surface area contributed by atoms with Crippen molar-refractivity contribution in [2.45, 2.75) is 24.9 Å². The van der Waals surface area contributed by atoms with Gasteiger partial charge in [0.05, 0.1) is 5.56 Å². The summed E-state index contributed by atoms with van der Waals surface area (Å²) in [6.45, 7) is 0. The number of hydrogen-bond acceptors (Lipinski definition) is 5. The topological polar surface area (TPSA) is 74.2 Å². The first kappa shape index (κ1) is 12.4. The molecule has 1 fully saturated rings. The fourth-order valence-electron chi connectivity index (χ4n) is 2.26. The zero-order valence-corrected chi connectivity index (χ0v) is 11.3. The fraction of sp³-hybridized carbons (Fsp3) is 0.385. The van der Waals surface area contributed by atoms with E-state index in [2.05, 4.69) is 10.1 Å². The van der Waals surface area contributed by atoms with E-state index < -0.39 is 0 Å². The molecule has 0 unspecified atom stereocenters. The summed E-state index contributed by atoms with van der Waals surface area (Å²) >= 11 is 5.87. The first-order valence-electron chi connectivity index (χ1n) is 6.09. The molecule has 1 aromatic carbocycles. The molecule has 1 aromatic heterocycles. The first-order valence-corrected chi connectivity index (χ1v) is 6.47. The van der Waals surface area contributed by atoms with Gasteiger partial charge in [-0.2, -0.15) is 4.98 Å². The minimum Gasteiger partial charge on any atom is -0.398 e. The van der Waals surface area contributed by atoms with E-state index in [9.17, 15) is 0 Å². The van der Waals surface area contributed by atoms with Crippen LogP contribution in [0.1, 0.15) is 25.1 Å². The van der Waals surface area contributed by atoms with Crippen LogP contribution in [0.3, 0.4) is 0 Å². The van der Waals surface area contributed by atoms with Gasteiger partial charge in [-0.3, -0.25) is 0 Å². The average Bonchev–Trinajstić information content (AvgIpc) is 2.78. The molecule has 5 nitrogen and oxygen atoms in total. The van der Waals surface area contributed by atoms with Crippen molar-refractivity contribution in [3.8, 4) is 11.5 Å². The number of aromatic nitrogens is 2. The molecule has 0 saturated heterocycles. The Morgan fingerprint density at radius 3 is 2.79 bits per heavy atom. The second kappa shape index (κ2) is 4.51. The Hall–Kier alpha value is -1.59. The maximum absolute atomic E-state index is 5.91. The molecule has 1 saturated carbocycles. The molecule has 2 N–H and O–H groups in total. The molecule has 6 heteroatoms. The SMILES string of the molecule is COC1(c2noc(-c3ccc(Cl)cc3N)n2)CCC1. The number of hydrogen-bond donors (Lipinski definition) is 1. The highest BCUT2D eigenvalue weighted by atomic mass is 35.5. The van der Waals surface area contributed by atoms with Crippen LogP contribution in [0.2, 0.25) is 5.02 Å². The summed E-state index contributed by atoms with van der Waals surface area (Å²) in [7, 11) is 1.67. The Labute approximate surface area is 115 Å². The average molecular weight is 280 g/mol. The Kier molecular flexibility index (Phi) is 2.95. The number of benzene rings is 1. The highest BCUT2D eigenvalue weighted by molar-refractivity contribution is 6.31. The van der Waals surface area contributed by atoms with Crippen molar-refractivity contribution in [3.63, 3.8) is 0 Å². The molecule has 0 bridgehead atoms. The standard InChI is InChI=1S/C13H14ClN3O2/c1-18-13(5-2-6-13)12-16-11(19-17-12)9-4-3-8(14)7-10(9)15/h3-4,7H,2,5-6,15H2,1H3. The van der Waals surface area contributed by atoms with Crippen molar-refractivity contribution < 1.29 is 9.26 Å². The number of methoxy groups -OCH3 is 1. The summed E-state index contributed by atoms with van der Waals surface area (Å²) in [4.78, 5) is 4.41. The van der Waals surface area contributed by atoms with E-state index in [4.69, 9.17) is 26.6 Å². The van der Waals surface area contributed by atoms with Crippen LogP contribution in [0.25, 0.3) is 11.5 Å². The molecule has 0 aliphatic heterocycles. The van der Waals surface area contributed by atoms with Crippen molar-refractivity contribution in [2.75, 3.05) is 12.8 Å². The second-order valence-corrected chi connectivity index (χ2v) is 5.14. The maximum atomic E-state index is 5.91. The van der Waals surface area contributed by atoms with Gasteiger partial charge in [0.1, 0.15) is 5.60 Å². The Morgan fingerprint density at radius 1 is 1.42 bits per heavy atom. The molecule has 0 spiro atoms. The lowest BCUT2D eigenvalue weighted by molar-refractivity contribution is -0.0858. The maximum Gasteiger partial charge on any atom is 0.260 e. The van der Waals surface area contributed by atoms with E-state index in [0.717, 1.165) is 19.3 Å². The summed E-state index contributed by atoms with van der Waals surface area (Å²) in [5.74, 6) is 0.984. The third-order valence-electron chi connectivity index (χ3n) is 3.63. The van der Waals surface area contributed by atoms with Crippen molar-refractivity contribution in [1.29, 1.82) is 0 Å². The lowest BCUT2D eigenvalue weighted by Crippen LogP contribution is -2.37. The van der Waals surface area contributed by atoms with Crippen LogP contribution in [-0.4, -0.2) is 17.3 Å². The predicted molar refractivity (Wildman–Crippen MR) is 71.7 cm³/mol. The lowest BCUT2D eigenvalue weighted by atomic mass is 9.79. The molecule has 2 aromatic rings.